The van der Waals surface area contributed by atoms with Gasteiger partial charge in [0.15, 0.2) is 0 Å². The van der Waals surface area contributed by atoms with E-state index in [4.69, 9.17) is 5.73 Å². The van der Waals surface area contributed by atoms with E-state index in [1.54, 1.807) is 0 Å². The van der Waals surface area contributed by atoms with E-state index < -0.39 is 0 Å². The quantitative estimate of drug-likeness (QED) is 0.893. The van der Waals surface area contributed by atoms with Crippen LogP contribution in [0.15, 0.2) is 28.7 Å². The van der Waals surface area contributed by atoms with Crippen LogP contribution in [0.2, 0.25) is 0 Å². The van der Waals surface area contributed by atoms with Crippen LogP contribution in [-0.4, -0.2) is 37.6 Å². The highest BCUT2D eigenvalue weighted by Gasteiger charge is 2.20. The molecule has 0 spiro atoms. The maximum absolute atomic E-state index is 6.38. The summed E-state index contributed by atoms with van der Waals surface area (Å²) in [5, 5.41) is 3.38. The van der Waals surface area contributed by atoms with Gasteiger partial charge in [-0.3, -0.25) is 0 Å². The van der Waals surface area contributed by atoms with Crippen molar-refractivity contribution in [2.45, 2.75) is 13.0 Å². The number of benzene rings is 1. The van der Waals surface area contributed by atoms with Crippen molar-refractivity contribution in [2.75, 3.05) is 32.7 Å². The first-order valence-electron chi connectivity index (χ1n) is 6.61. The molecule has 0 aliphatic carbocycles. The van der Waals surface area contributed by atoms with Crippen molar-refractivity contribution in [1.82, 2.24) is 10.2 Å². The van der Waals surface area contributed by atoms with Crippen molar-refractivity contribution < 1.29 is 0 Å². The second-order valence-corrected chi connectivity index (χ2v) is 5.93. The standard InChI is InChI=1S/C14H22BrN3/c1-11(10-18-8-6-17-7-9-18)14(16)12-4-2-3-5-13(12)15/h2-5,11,14,17H,6-10,16H2,1H3. The predicted molar refractivity (Wildman–Crippen MR) is 79.5 cm³/mol. The molecule has 3 nitrogen and oxygen atoms in total. The second kappa shape index (κ2) is 6.66. The first-order valence-corrected chi connectivity index (χ1v) is 7.41. The van der Waals surface area contributed by atoms with E-state index in [-0.39, 0.29) is 6.04 Å². The minimum absolute atomic E-state index is 0.0930. The van der Waals surface area contributed by atoms with Gasteiger partial charge in [-0.2, -0.15) is 0 Å². The lowest BCUT2D eigenvalue weighted by molar-refractivity contribution is 0.199. The molecule has 1 aromatic carbocycles. The normalized spacial score (nSPS) is 20.6. The molecule has 1 heterocycles. The van der Waals surface area contributed by atoms with Gasteiger partial charge in [-0.25, -0.2) is 0 Å². The average Bonchev–Trinajstić information content (AvgIpc) is 2.39. The summed E-state index contributed by atoms with van der Waals surface area (Å²) >= 11 is 3.59. The van der Waals surface area contributed by atoms with Crippen molar-refractivity contribution in [3.63, 3.8) is 0 Å². The Morgan fingerprint density at radius 2 is 2.00 bits per heavy atom. The third-order valence-corrected chi connectivity index (χ3v) is 4.36. The predicted octanol–water partition coefficient (Wildman–Crippen LogP) is 1.99. The highest BCUT2D eigenvalue weighted by atomic mass is 79.9. The van der Waals surface area contributed by atoms with E-state index in [1.165, 1.54) is 5.56 Å². The zero-order valence-electron chi connectivity index (χ0n) is 10.9. The van der Waals surface area contributed by atoms with Crippen LogP contribution in [0.5, 0.6) is 0 Å². The van der Waals surface area contributed by atoms with Crippen molar-refractivity contribution in [2.24, 2.45) is 11.7 Å². The molecule has 100 valence electrons. The van der Waals surface area contributed by atoms with E-state index in [2.05, 4.69) is 51.3 Å². The van der Waals surface area contributed by atoms with Gasteiger partial charge in [-0.15, -0.1) is 0 Å². The smallest absolute Gasteiger partial charge is 0.0344 e. The Morgan fingerprint density at radius 3 is 2.67 bits per heavy atom. The number of halogens is 1. The fourth-order valence-corrected chi connectivity index (χ4v) is 3.02. The lowest BCUT2D eigenvalue weighted by Crippen LogP contribution is -2.46. The van der Waals surface area contributed by atoms with Crippen molar-refractivity contribution in [3.05, 3.63) is 34.3 Å². The minimum Gasteiger partial charge on any atom is -0.324 e. The third-order valence-electron chi connectivity index (χ3n) is 3.63. The van der Waals surface area contributed by atoms with Gasteiger partial charge < -0.3 is 16.0 Å². The molecule has 3 N–H and O–H groups in total. The topological polar surface area (TPSA) is 41.3 Å². The molecule has 2 rings (SSSR count). The lowest BCUT2D eigenvalue weighted by atomic mass is 9.95. The molecule has 1 aromatic rings. The van der Waals surface area contributed by atoms with Crippen LogP contribution >= 0.6 is 15.9 Å². The molecule has 18 heavy (non-hydrogen) atoms. The zero-order valence-corrected chi connectivity index (χ0v) is 12.5. The molecular formula is C14H22BrN3. The molecule has 1 fully saturated rings. The number of nitrogens with one attached hydrogen (secondary N) is 1. The van der Waals surface area contributed by atoms with E-state index in [0.717, 1.165) is 37.2 Å². The molecule has 1 aliphatic rings. The number of rotatable bonds is 4. The first kappa shape index (κ1) is 14.0. The molecule has 1 saturated heterocycles. The Labute approximate surface area is 118 Å². The summed E-state index contributed by atoms with van der Waals surface area (Å²) in [6.45, 7) is 7.77. The molecule has 4 heteroatoms. The molecule has 0 amide bonds. The van der Waals surface area contributed by atoms with Crippen molar-refractivity contribution in [1.29, 1.82) is 0 Å². The summed E-state index contributed by atoms with van der Waals surface area (Å²) in [5.41, 5.74) is 7.59. The van der Waals surface area contributed by atoms with Crippen LogP contribution < -0.4 is 11.1 Å². The molecule has 0 aromatic heterocycles. The number of nitrogens with two attached hydrogens (primary N) is 1. The van der Waals surface area contributed by atoms with Gasteiger partial charge in [-0.1, -0.05) is 41.1 Å². The van der Waals surface area contributed by atoms with Crippen LogP contribution in [0.4, 0.5) is 0 Å². The summed E-state index contributed by atoms with van der Waals surface area (Å²) < 4.78 is 1.12. The van der Waals surface area contributed by atoms with Gasteiger partial charge in [0.25, 0.3) is 0 Å². The number of piperazine rings is 1. The van der Waals surface area contributed by atoms with Gasteiger partial charge in [0.1, 0.15) is 0 Å². The lowest BCUT2D eigenvalue weighted by Gasteiger charge is -2.32. The van der Waals surface area contributed by atoms with Gasteiger partial charge in [0, 0.05) is 43.2 Å². The SMILES string of the molecule is CC(CN1CCNCC1)C(N)c1ccccc1Br. The summed E-state index contributed by atoms with van der Waals surface area (Å²) in [4.78, 5) is 2.50. The van der Waals surface area contributed by atoms with Gasteiger partial charge in [-0.05, 0) is 17.5 Å². The second-order valence-electron chi connectivity index (χ2n) is 5.08. The fraction of sp³-hybridized carbons (Fsp3) is 0.571. The highest BCUT2D eigenvalue weighted by molar-refractivity contribution is 9.10. The Hall–Kier alpha value is -0.420. The summed E-state index contributed by atoms with van der Waals surface area (Å²) in [6, 6.07) is 8.35. The Bertz CT molecular complexity index is 377. The molecule has 2 unspecified atom stereocenters. The van der Waals surface area contributed by atoms with E-state index in [9.17, 15) is 0 Å². The molecule has 1 aliphatic heterocycles. The molecule has 2 atom stereocenters. The third kappa shape index (κ3) is 3.54. The van der Waals surface area contributed by atoms with E-state index in [1.807, 2.05) is 6.07 Å². The summed E-state index contributed by atoms with van der Waals surface area (Å²) in [6.07, 6.45) is 0. The van der Waals surface area contributed by atoms with E-state index >= 15 is 0 Å². The number of hydrogen-bond acceptors (Lipinski definition) is 3. The van der Waals surface area contributed by atoms with Crippen molar-refractivity contribution in [3.8, 4) is 0 Å². The van der Waals surface area contributed by atoms with E-state index in [0.29, 0.717) is 5.92 Å². The van der Waals surface area contributed by atoms with Crippen LogP contribution in [0.25, 0.3) is 0 Å². The monoisotopic (exact) mass is 311 g/mol. The molecule has 0 radical (unpaired) electrons. The zero-order chi connectivity index (χ0) is 13.0. The van der Waals surface area contributed by atoms with Crippen LogP contribution in [0, 0.1) is 5.92 Å². The summed E-state index contributed by atoms with van der Waals surface area (Å²) in [7, 11) is 0. The Kier molecular flexibility index (Phi) is 5.18. The van der Waals surface area contributed by atoms with Gasteiger partial charge in [0.2, 0.25) is 0 Å². The first-order chi connectivity index (χ1) is 8.68. The van der Waals surface area contributed by atoms with Crippen LogP contribution in [0.3, 0.4) is 0 Å². The van der Waals surface area contributed by atoms with Gasteiger partial charge >= 0.3 is 0 Å². The van der Waals surface area contributed by atoms with Crippen LogP contribution in [0.1, 0.15) is 18.5 Å². The Morgan fingerprint density at radius 1 is 1.33 bits per heavy atom. The molecule has 0 bridgehead atoms. The Balaban J connectivity index is 1.95. The average molecular weight is 312 g/mol. The largest absolute Gasteiger partial charge is 0.324 e. The van der Waals surface area contributed by atoms with Gasteiger partial charge in [0.05, 0.1) is 0 Å². The molecular weight excluding hydrogens is 290 g/mol. The number of nitrogens with zero attached hydrogens (tertiary/aromatic N) is 1. The van der Waals surface area contributed by atoms with Crippen LogP contribution in [-0.2, 0) is 0 Å². The fourth-order valence-electron chi connectivity index (χ4n) is 2.47. The summed E-state index contributed by atoms with van der Waals surface area (Å²) in [5.74, 6) is 0.460. The highest BCUT2D eigenvalue weighted by Crippen LogP contribution is 2.27. The van der Waals surface area contributed by atoms with Crippen molar-refractivity contribution >= 4 is 15.9 Å². The maximum Gasteiger partial charge on any atom is 0.0344 e. The molecule has 0 saturated carbocycles. The maximum atomic E-state index is 6.38. The number of hydrogen-bond donors (Lipinski definition) is 2. The minimum atomic E-state index is 0.0930.